The van der Waals surface area contributed by atoms with Crippen molar-refractivity contribution < 1.29 is 4.74 Å². The second kappa shape index (κ2) is 7.28. The lowest BCUT2D eigenvalue weighted by atomic mass is 9.98. The van der Waals surface area contributed by atoms with E-state index in [0.29, 0.717) is 0 Å². The Morgan fingerprint density at radius 1 is 1.14 bits per heavy atom. The predicted molar refractivity (Wildman–Crippen MR) is 86.8 cm³/mol. The van der Waals surface area contributed by atoms with Crippen molar-refractivity contribution in [1.82, 2.24) is 10.2 Å². The van der Waals surface area contributed by atoms with Gasteiger partial charge in [-0.1, -0.05) is 25.1 Å². The predicted octanol–water partition coefficient (Wildman–Crippen LogP) is 3.06. The van der Waals surface area contributed by atoms with Crippen molar-refractivity contribution in [3.8, 4) is 5.75 Å². The number of fused-ring (bicyclic) bond motifs is 2. The second-order valence-electron chi connectivity index (χ2n) is 6.41. The fourth-order valence-corrected chi connectivity index (χ4v) is 3.90. The first-order valence-electron chi connectivity index (χ1n) is 8.53. The maximum atomic E-state index is 5.80. The minimum atomic E-state index is 0.781. The molecule has 21 heavy (non-hydrogen) atoms. The molecular weight excluding hydrogens is 260 g/mol. The van der Waals surface area contributed by atoms with Gasteiger partial charge >= 0.3 is 0 Å². The number of rotatable bonds is 7. The van der Waals surface area contributed by atoms with E-state index in [1.807, 2.05) is 30.3 Å². The van der Waals surface area contributed by atoms with Gasteiger partial charge in [-0.3, -0.25) is 0 Å². The summed E-state index contributed by atoms with van der Waals surface area (Å²) in [6.07, 6.45) is 6.56. The molecule has 116 valence electrons. The van der Waals surface area contributed by atoms with Crippen LogP contribution >= 0.6 is 0 Å². The highest BCUT2D eigenvalue weighted by atomic mass is 16.5. The molecule has 2 heterocycles. The highest BCUT2D eigenvalue weighted by Crippen LogP contribution is 2.29. The van der Waals surface area contributed by atoms with E-state index < -0.39 is 0 Å². The maximum absolute atomic E-state index is 5.80. The minimum Gasteiger partial charge on any atom is -0.494 e. The molecule has 0 aromatic heterocycles. The van der Waals surface area contributed by atoms with E-state index in [1.54, 1.807) is 0 Å². The molecule has 0 amide bonds. The minimum absolute atomic E-state index is 0.781. The van der Waals surface area contributed by atoms with Crippen LogP contribution in [0.3, 0.4) is 0 Å². The molecule has 2 fully saturated rings. The van der Waals surface area contributed by atoms with E-state index in [4.69, 9.17) is 4.74 Å². The van der Waals surface area contributed by atoms with E-state index in [0.717, 1.165) is 50.0 Å². The number of piperidine rings is 1. The summed E-state index contributed by atoms with van der Waals surface area (Å²) in [7, 11) is 0. The van der Waals surface area contributed by atoms with Gasteiger partial charge < -0.3 is 15.0 Å². The summed E-state index contributed by atoms with van der Waals surface area (Å²) in [6.45, 7) is 5.43. The van der Waals surface area contributed by atoms with Crippen LogP contribution in [0.5, 0.6) is 5.75 Å². The Morgan fingerprint density at radius 2 is 1.86 bits per heavy atom. The molecule has 2 bridgehead atoms. The third-order valence-electron chi connectivity index (χ3n) is 4.97. The van der Waals surface area contributed by atoms with E-state index in [1.165, 1.54) is 25.7 Å². The Labute approximate surface area is 128 Å². The number of nitrogens with one attached hydrogen (secondary N) is 1. The van der Waals surface area contributed by atoms with E-state index in [-0.39, 0.29) is 0 Å². The van der Waals surface area contributed by atoms with Gasteiger partial charge in [0.1, 0.15) is 5.75 Å². The molecule has 2 aliphatic heterocycles. The molecule has 2 saturated heterocycles. The van der Waals surface area contributed by atoms with Gasteiger partial charge in [-0.25, -0.2) is 0 Å². The normalized spacial score (nSPS) is 28.0. The monoisotopic (exact) mass is 288 g/mol. The Balaban J connectivity index is 1.40. The van der Waals surface area contributed by atoms with Gasteiger partial charge in [0.15, 0.2) is 0 Å². The number of ether oxygens (including phenoxy) is 1. The average molecular weight is 288 g/mol. The fraction of sp³-hybridized carbons (Fsp3) is 0.667. The maximum Gasteiger partial charge on any atom is 0.119 e. The van der Waals surface area contributed by atoms with Crippen molar-refractivity contribution in [2.24, 2.45) is 0 Å². The smallest absolute Gasteiger partial charge is 0.119 e. The fourth-order valence-electron chi connectivity index (χ4n) is 3.90. The number of hydrogen-bond acceptors (Lipinski definition) is 3. The van der Waals surface area contributed by atoms with Crippen LogP contribution in [-0.2, 0) is 0 Å². The lowest BCUT2D eigenvalue weighted by Crippen LogP contribution is -2.48. The first-order chi connectivity index (χ1) is 10.3. The van der Waals surface area contributed by atoms with Crippen molar-refractivity contribution in [2.45, 2.75) is 57.2 Å². The van der Waals surface area contributed by atoms with Crippen molar-refractivity contribution in [2.75, 3.05) is 19.7 Å². The molecule has 0 saturated carbocycles. The molecule has 1 N–H and O–H groups in total. The Kier molecular flexibility index (Phi) is 5.15. The molecule has 0 spiro atoms. The average Bonchev–Trinajstić information content (AvgIpc) is 2.87. The molecule has 3 nitrogen and oxygen atoms in total. The van der Waals surface area contributed by atoms with Crippen molar-refractivity contribution in [3.05, 3.63) is 30.3 Å². The highest BCUT2D eigenvalue weighted by molar-refractivity contribution is 5.20. The molecule has 3 rings (SSSR count). The zero-order valence-electron chi connectivity index (χ0n) is 13.1. The first kappa shape index (κ1) is 14.9. The quantitative estimate of drug-likeness (QED) is 0.780. The Hall–Kier alpha value is -1.06. The van der Waals surface area contributed by atoms with Crippen LogP contribution in [0.25, 0.3) is 0 Å². The van der Waals surface area contributed by atoms with Crippen LogP contribution in [0, 0.1) is 0 Å². The van der Waals surface area contributed by atoms with Gasteiger partial charge in [-0.15, -0.1) is 0 Å². The summed E-state index contributed by atoms with van der Waals surface area (Å²) >= 11 is 0. The molecule has 1 aromatic carbocycles. The largest absolute Gasteiger partial charge is 0.494 e. The summed E-state index contributed by atoms with van der Waals surface area (Å²) in [5.41, 5.74) is 0. The zero-order chi connectivity index (χ0) is 14.5. The van der Waals surface area contributed by atoms with Gasteiger partial charge in [0, 0.05) is 24.7 Å². The SMILES string of the molecule is CCN(CCCOc1ccccc1)C1CC2CCC(C1)N2. The lowest BCUT2D eigenvalue weighted by Gasteiger charge is -2.37. The third-order valence-corrected chi connectivity index (χ3v) is 4.97. The standard InChI is InChI=1S/C18H28N2O/c1-2-20(17-13-15-9-10-16(14-17)19-15)11-6-12-21-18-7-4-3-5-8-18/h3-5,7-8,15-17,19H,2,6,9-14H2,1H3. The summed E-state index contributed by atoms with van der Waals surface area (Å²) in [4.78, 5) is 2.67. The summed E-state index contributed by atoms with van der Waals surface area (Å²) < 4.78 is 5.80. The molecule has 0 aliphatic carbocycles. The molecular formula is C18H28N2O. The van der Waals surface area contributed by atoms with Gasteiger partial charge in [-0.05, 0) is 50.8 Å². The molecule has 3 heteroatoms. The van der Waals surface area contributed by atoms with Crippen LogP contribution in [0.2, 0.25) is 0 Å². The summed E-state index contributed by atoms with van der Waals surface area (Å²) in [6, 6.07) is 12.5. The summed E-state index contributed by atoms with van der Waals surface area (Å²) in [5.74, 6) is 0.987. The lowest BCUT2D eigenvalue weighted by molar-refractivity contribution is 0.138. The van der Waals surface area contributed by atoms with E-state index in [9.17, 15) is 0 Å². The number of nitrogens with zero attached hydrogens (tertiary/aromatic N) is 1. The van der Waals surface area contributed by atoms with Gasteiger partial charge in [0.25, 0.3) is 0 Å². The number of para-hydroxylation sites is 1. The third kappa shape index (κ3) is 3.98. The Morgan fingerprint density at radius 3 is 2.52 bits per heavy atom. The van der Waals surface area contributed by atoms with Gasteiger partial charge in [-0.2, -0.15) is 0 Å². The molecule has 2 unspecified atom stereocenters. The Bertz CT molecular complexity index is 410. The van der Waals surface area contributed by atoms with Crippen molar-refractivity contribution in [3.63, 3.8) is 0 Å². The highest BCUT2D eigenvalue weighted by Gasteiger charge is 2.35. The van der Waals surface area contributed by atoms with E-state index in [2.05, 4.69) is 17.1 Å². The van der Waals surface area contributed by atoms with Crippen LogP contribution in [0.4, 0.5) is 0 Å². The van der Waals surface area contributed by atoms with Crippen LogP contribution in [-0.4, -0.2) is 42.7 Å². The zero-order valence-corrected chi connectivity index (χ0v) is 13.1. The van der Waals surface area contributed by atoms with Crippen molar-refractivity contribution >= 4 is 0 Å². The molecule has 2 atom stereocenters. The second-order valence-corrected chi connectivity index (χ2v) is 6.41. The summed E-state index contributed by atoms with van der Waals surface area (Å²) in [5, 5.41) is 3.74. The van der Waals surface area contributed by atoms with Gasteiger partial charge in [0.05, 0.1) is 6.61 Å². The molecule has 2 aliphatic rings. The van der Waals surface area contributed by atoms with Crippen LogP contribution in [0.1, 0.15) is 39.0 Å². The number of benzene rings is 1. The van der Waals surface area contributed by atoms with E-state index >= 15 is 0 Å². The first-order valence-corrected chi connectivity index (χ1v) is 8.53. The number of hydrogen-bond donors (Lipinski definition) is 1. The molecule has 0 radical (unpaired) electrons. The molecule has 1 aromatic rings. The van der Waals surface area contributed by atoms with Crippen LogP contribution in [0.15, 0.2) is 30.3 Å². The van der Waals surface area contributed by atoms with Crippen molar-refractivity contribution in [1.29, 1.82) is 0 Å². The topological polar surface area (TPSA) is 24.5 Å². The van der Waals surface area contributed by atoms with Gasteiger partial charge in [0.2, 0.25) is 0 Å². The van der Waals surface area contributed by atoms with Crippen LogP contribution < -0.4 is 10.1 Å².